The van der Waals surface area contributed by atoms with Crippen LogP contribution in [0.1, 0.15) is 53.9 Å². The van der Waals surface area contributed by atoms with Crippen molar-refractivity contribution in [3.8, 4) is 0 Å². The van der Waals surface area contributed by atoms with Gasteiger partial charge in [0.05, 0.1) is 12.7 Å². The van der Waals surface area contributed by atoms with Gasteiger partial charge in [0.15, 0.2) is 0 Å². The Morgan fingerprint density at radius 1 is 1.00 bits per heavy atom. The minimum atomic E-state index is -0.826. The Bertz CT molecular complexity index is 140. The van der Waals surface area contributed by atoms with Crippen LogP contribution in [0.2, 0.25) is 0 Å². The molecule has 0 heterocycles. The van der Waals surface area contributed by atoms with Crippen molar-refractivity contribution < 1.29 is 14.2 Å². The van der Waals surface area contributed by atoms with Crippen molar-refractivity contribution in [3.63, 3.8) is 0 Å². The van der Waals surface area contributed by atoms with Gasteiger partial charge in [-0.15, -0.1) is 0 Å². The van der Waals surface area contributed by atoms with E-state index in [0.29, 0.717) is 13.2 Å². The summed E-state index contributed by atoms with van der Waals surface area (Å²) in [4.78, 5) is 0. The van der Waals surface area contributed by atoms with Gasteiger partial charge in [-0.1, -0.05) is 13.8 Å². The number of ether oxygens (including phenoxy) is 3. The van der Waals surface area contributed by atoms with Crippen molar-refractivity contribution in [2.24, 2.45) is 0 Å². The maximum Gasteiger partial charge on any atom is 0.283 e. The average Bonchev–Trinajstić information content (AvgIpc) is 2.14. The van der Waals surface area contributed by atoms with Crippen LogP contribution in [0.5, 0.6) is 0 Å². The van der Waals surface area contributed by atoms with Gasteiger partial charge in [-0.2, -0.15) is 0 Å². The molecule has 0 bridgehead atoms. The van der Waals surface area contributed by atoms with Crippen LogP contribution in [0.15, 0.2) is 0 Å². The van der Waals surface area contributed by atoms with Gasteiger partial charge in [-0.3, -0.25) is 0 Å². The molecule has 0 fully saturated rings. The topological polar surface area (TPSA) is 27.7 Å². The summed E-state index contributed by atoms with van der Waals surface area (Å²) in [6.07, 6.45) is 2.84. The van der Waals surface area contributed by atoms with Crippen molar-refractivity contribution in [2.75, 3.05) is 13.2 Å². The van der Waals surface area contributed by atoms with Gasteiger partial charge < -0.3 is 14.2 Å². The lowest BCUT2D eigenvalue weighted by Gasteiger charge is -2.34. The van der Waals surface area contributed by atoms with E-state index in [9.17, 15) is 0 Å². The Hall–Kier alpha value is -0.120. The molecule has 0 saturated carbocycles. The Morgan fingerprint density at radius 2 is 1.67 bits per heavy atom. The Balaban J connectivity index is 4.40. The van der Waals surface area contributed by atoms with Crippen molar-refractivity contribution in [1.29, 1.82) is 0 Å². The maximum absolute atomic E-state index is 5.78. The minimum absolute atomic E-state index is 0.111. The quantitative estimate of drug-likeness (QED) is 0.556. The molecular formula is C12H26O3. The van der Waals surface area contributed by atoms with Gasteiger partial charge in [0.25, 0.3) is 5.97 Å². The first kappa shape index (κ1) is 14.9. The fourth-order valence-corrected chi connectivity index (χ4v) is 1.46. The number of rotatable bonds is 9. The summed E-state index contributed by atoms with van der Waals surface area (Å²) in [6.45, 7) is 11.4. The molecule has 1 atom stereocenters. The second kappa shape index (κ2) is 8.08. The summed E-state index contributed by atoms with van der Waals surface area (Å²) in [6, 6.07) is 0. The van der Waals surface area contributed by atoms with Gasteiger partial charge in [0.1, 0.15) is 0 Å². The van der Waals surface area contributed by atoms with E-state index < -0.39 is 5.97 Å². The molecule has 0 aliphatic heterocycles. The van der Waals surface area contributed by atoms with Crippen LogP contribution in [0.4, 0.5) is 0 Å². The highest BCUT2D eigenvalue weighted by atomic mass is 16.9. The van der Waals surface area contributed by atoms with Crippen LogP contribution in [0.3, 0.4) is 0 Å². The van der Waals surface area contributed by atoms with Crippen molar-refractivity contribution in [2.45, 2.75) is 66.0 Å². The Labute approximate surface area is 94.1 Å². The zero-order valence-corrected chi connectivity index (χ0v) is 10.8. The molecule has 0 aromatic heterocycles. The van der Waals surface area contributed by atoms with Gasteiger partial charge in [-0.25, -0.2) is 0 Å². The molecular weight excluding hydrogens is 192 g/mol. The fourth-order valence-electron chi connectivity index (χ4n) is 1.46. The fraction of sp³-hybridized carbons (Fsp3) is 1.00. The molecule has 15 heavy (non-hydrogen) atoms. The van der Waals surface area contributed by atoms with Crippen LogP contribution >= 0.6 is 0 Å². The monoisotopic (exact) mass is 218 g/mol. The second-order valence-electron chi connectivity index (χ2n) is 3.88. The second-order valence-corrected chi connectivity index (χ2v) is 3.88. The molecule has 0 aromatic rings. The maximum atomic E-state index is 5.78. The van der Waals surface area contributed by atoms with E-state index in [2.05, 4.69) is 13.8 Å². The average molecular weight is 218 g/mol. The molecule has 0 N–H and O–H groups in total. The summed E-state index contributed by atoms with van der Waals surface area (Å²) in [5.74, 6) is -0.826. The van der Waals surface area contributed by atoms with Crippen molar-refractivity contribution >= 4 is 0 Å². The summed E-state index contributed by atoms with van der Waals surface area (Å²) >= 11 is 0. The summed E-state index contributed by atoms with van der Waals surface area (Å²) in [5.41, 5.74) is 0. The Kier molecular flexibility index (Phi) is 8.02. The van der Waals surface area contributed by atoms with Gasteiger partial charge in [0.2, 0.25) is 0 Å². The highest BCUT2D eigenvalue weighted by Crippen LogP contribution is 2.24. The first-order valence-electron chi connectivity index (χ1n) is 6.05. The highest BCUT2D eigenvalue weighted by molar-refractivity contribution is 4.59. The van der Waals surface area contributed by atoms with Crippen LogP contribution in [-0.4, -0.2) is 25.3 Å². The molecule has 0 aromatic carbocycles. The van der Waals surface area contributed by atoms with E-state index in [4.69, 9.17) is 14.2 Å². The molecule has 1 unspecified atom stereocenters. The lowest BCUT2D eigenvalue weighted by molar-refractivity contribution is -0.392. The molecule has 0 rings (SSSR count). The first-order valence-corrected chi connectivity index (χ1v) is 6.05. The molecule has 3 heteroatoms. The summed E-state index contributed by atoms with van der Waals surface area (Å²) in [7, 11) is 0. The Morgan fingerprint density at radius 3 is 2.07 bits per heavy atom. The molecule has 0 amide bonds. The van der Waals surface area contributed by atoms with E-state index >= 15 is 0 Å². The lowest BCUT2D eigenvalue weighted by atomic mass is 10.3. The molecule has 0 aliphatic carbocycles. The zero-order chi connectivity index (χ0) is 11.7. The third-order valence-corrected chi connectivity index (χ3v) is 1.86. The minimum Gasteiger partial charge on any atom is -0.328 e. The van der Waals surface area contributed by atoms with Gasteiger partial charge >= 0.3 is 0 Å². The smallest absolute Gasteiger partial charge is 0.283 e. The van der Waals surface area contributed by atoms with Crippen molar-refractivity contribution in [1.82, 2.24) is 0 Å². The molecule has 0 spiro atoms. The number of hydrogen-bond acceptors (Lipinski definition) is 3. The van der Waals surface area contributed by atoms with E-state index in [0.717, 1.165) is 19.3 Å². The third-order valence-electron chi connectivity index (χ3n) is 1.86. The molecule has 3 nitrogen and oxygen atoms in total. The van der Waals surface area contributed by atoms with Crippen LogP contribution in [0, 0.1) is 0 Å². The molecule has 92 valence electrons. The molecule has 0 radical (unpaired) electrons. The molecule has 0 aliphatic rings. The third kappa shape index (κ3) is 6.13. The predicted molar refractivity (Wildman–Crippen MR) is 61.7 cm³/mol. The standard InChI is InChI=1S/C12H26O3/c1-6-9-12(13-8-3,14-10-7-2)15-11(4)5/h11H,6-10H2,1-5H3. The first-order chi connectivity index (χ1) is 7.10. The van der Waals surface area contributed by atoms with E-state index in [1.54, 1.807) is 0 Å². The van der Waals surface area contributed by atoms with E-state index in [-0.39, 0.29) is 6.10 Å². The number of hydrogen-bond donors (Lipinski definition) is 0. The van der Waals surface area contributed by atoms with Gasteiger partial charge in [0, 0.05) is 13.0 Å². The largest absolute Gasteiger partial charge is 0.328 e. The zero-order valence-electron chi connectivity index (χ0n) is 10.8. The van der Waals surface area contributed by atoms with E-state index in [1.165, 1.54) is 0 Å². The van der Waals surface area contributed by atoms with Crippen LogP contribution < -0.4 is 0 Å². The highest BCUT2D eigenvalue weighted by Gasteiger charge is 2.33. The summed E-state index contributed by atoms with van der Waals surface area (Å²) < 4.78 is 17.1. The van der Waals surface area contributed by atoms with Crippen molar-refractivity contribution in [3.05, 3.63) is 0 Å². The normalized spacial score (nSPS) is 15.6. The SMILES string of the molecule is CCCOC(CCC)(OCC)OC(C)C. The summed E-state index contributed by atoms with van der Waals surface area (Å²) in [5, 5.41) is 0. The van der Waals surface area contributed by atoms with Crippen LogP contribution in [0.25, 0.3) is 0 Å². The molecule has 0 saturated heterocycles. The van der Waals surface area contributed by atoms with Gasteiger partial charge in [-0.05, 0) is 33.6 Å². The predicted octanol–water partition coefficient (Wildman–Crippen LogP) is 3.33. The van der Waals surface area contributed by atoms with E-state index in [1.807, 2.05) is 20.8 Å². The lowest BCUT2D eigenvalue weighted by Crippen LogP contribution is -2.41. The van der Waals surface area contributed by atoms with Crippen LogP contribution in [-0.2, 0) is 14.2 Å².